The fraction of sp³-hybridized carbons (Fsp3) is 0.130. The first-order chi connectivity index (χ1) is 14.0. The zero-order valence-corrected chi connectivity index (χ0v) is 17.0. The third-order valence-corrected chi connectivity index (χ3v) is 5.53. The lowest BCUT2D eigenvalue weighted by Gasteiger charge is -2.33. The van der Waals surface area contributed by atoms with Crippen LogP contribution in [0.5, 0.6) is 0 Å². The van der Waals surface area contributed by atoms with Crippen LogP contribution in [0.25, 0.3) is 5.57 Å². The van der Waals surface area contributed by atoms with Gasteiger partial charge >= 0.3 is 0 Å². The molecule has 29 heavy (non-hydrogen) atoms. The van der Waals surface area contributed by atoms with Crippen LogP contribution >= 0.6 is 23.2 Å². The minimum Gasteiger partial charge on any atom is -0.343 e. The van der Waals surface area contributed by atoms with Crippen LogP contribution in [-0.4, -0.2) is 11.5 Å². The van der Waals surface area contributed by atoms with E-state index in [0.717, 1.165) is 28.0 Å². The SMILES string of the molecule is O=[N+]([O-])CC1C(c2cccc(Cl)c2)=CN(Cc2ccc(Cl)cc2)c2ccccc21. The molecule has 0 radical (unpaired) electrons. The molecule has 0 amide bonds. The van der Waals surface area contributed by atoms with Gasteiger partial charge < -0.3 is 4.90 Å². The quantitative estimate of drug-likeness (QED) is 0.350. The van der Waals surface area contributed by atoms with E-state index in [2.05, 4.69) is 4.90 Å². The molecule has 1 heterocycles. The van der Waals surface area contributed by atoms with Gasteiger partial charge in [0.2, 0.25) is 6.54 Å². The molecule has 3 aromatic rings. The van der Waals surface area contributed by atoms with Crippen LogP contribution in [0.1, 0.15) is 22.6 Å². The van der Waals surface area contributed by atoms with Crippen molar-refractivity contribution < 1.29 is 4.92 Å². The predicted molar refractivity (Wildman–Crippen MR) is 118 cm³/mol. The van der Waals surface area contributed by atoms with Gasteiger partial charge in [-0.15, -0.1) is 0 Å². The molecule has 0 N–H and O–H groups in total. The largest absolute Gasteiger partial charge is 0.343 e. The van der Waals surface area contributed by atoms with Crippen molar-refractivity contribution in [1.29, 1.82) is 0 Å². The van der Waals surface area contributed by atoms with Gasteiger partial charge in [-0.1, -0.05) is 65.7 Å². The van der Waals surface area contributed by atoms with E-state index in [9.17, 15) is 10.1 Å². The highest BCUT2D eigenvalue weighted by molar-refractivity contribution is 6.31. The van der Waals surface area contributed by atoms with Gasteiger partial charge in [-0.05, 0) is 52.6 Å². The Morgan fingerprint density at radius 1 is 0.931 bits per heavy atom. The summed E-state index contributed by atoms with van der Waals surface area (Å²) in [4.78, 5) is 13.3. The summed E-state index contributed by atoms with van der Waals surface area (Å²) in [6, 6.07) is 23.0. The summed E-state index contributed by atoms with van der Waals surface area (Å²) in [5.74, 6) is -0.346. The summed E-state index contributed by atoms with van der Waals surface area (Å²) >= 11 is 12.2. The van der Waals surface area contributed by atoms with Crippen molar-refractivity contribution in [2.75, 3.05) is 11.4 Å². The Morgan fingerprint density at radius 2 is 1.69 bits per heavy atom. The predicted octanol–water partition coefficient (Wildman–Crippen LogP) is 6.42. The number of nitro groups is 1. The highest BCUT2D eigenvalue weighted by atomic mass is 35.5. The van der Waals surface area contributed by atoms with Gasteiger partial charge in [0.25, 0.3) is 0 Å². The first-order valence-corrected chi connectivity index (χ1v) is 9.96. The number of anilines is 1. The lowest BCUT2D eigenvalue weighted by molar-refractivity contribution is -0.481. The fourth-order valence-electron chi connectivity index (χ4n) is 3.75. The van der Waals surface area contributed by atoms with E-state index in [1.165, 1.54) is 0 Å². The van der Waals surface area contributed by atoms with E-state index in [4.69, 9.17) is 23.2 Å². The molecule has 4 rings (SSSR count). The maximum absolute atomic E-state index is 11.5. The summed E-state index contributed by atoms with van der Waals surface area (Å²) in [6.07, 6.45) is 2.01. The Bertz CT molecular complexity index is 1080. The maximum atomic E-state index is 11.5. The van der Waals surface area contributed by atoms with Crippen molar-refractivity contribution in [1.82, 2.24) is 0 Å². The zero-order valence-electron chi connectivity index (χ0n) is 15.5. The molecular weight excluding hydrogens is 407 g/mol. The molecule has 3 aromatic carbocycles. The normalized spacial score (nSPS) is 15.6. The van der Waals surface area contributed by atoms with Gasteiger partial charge in [-0.3, -0.25) is 10.1 Å². The Labute approximate surface area is 179 Å². The van der Waals surface area contributed by atoms with Crippen molar-refractivity contribution in [3.05, 3.63) is 116 Å². The third-order valence-electron chi connectivity index (χ3n) is 5.05. The standard InChI is InChI=1S/C23H18Cl2N2O2/c24-18-10-8-16(9-11-18)13-26-14-21(17-4-3-5-19(25)12-17)22(15-27(28)29)20-6-1-2-7-23(20)26/h1-12,14,22H,13,15H2. The Balaban J connectivity index is 1.82. The van der Waals surface area contributed by atoms with Gasteiger partial charge in [-0.25, -0.2) is 0 Å². The number of nitrogens with zero attached hydrogens (tertiary/aromatic N) is 2. The van der Waals surface area contributed by atoms with Crippen LogP contribution in [0.3, 0.4) is 0 Å². The van der Waals surface area contributed by atoms with Gasteiger partial charge in [0.15, 0.2) is 0 Å². The summed E-state index contributed by atoms with van der Waals surface area (Å²) in [5, 5.41) is 12.7. The summed E-state index contributed by atoms with van der Waals surface area (Å²) in [5.41, 5.74) is 4.78. The second-order valence-corrected chi connectivity index (χ2v) is 7.85. The molecule has 1 unspecified atom stereocenters. The second-order valence-electron chi connectivity index (χ2n) is 6.98. The molecule has 0 saturated carbocycles. The smallest absolute Gasteiger partial charge is 0.214 e. The molecule has 1 aliphatic rings. The highest BCUT2D eigenvalue weighted by Crippen LogP contribution is 2.43. The Morgan fingerprint density at radius 3 is 2.41 bits per heavy atom. The fourth-order valence-corrected chi connectivity index (χ4v) is 4.06. The van der Waals surface area contributed by atoms with E-state index in [-0.39, 0.29) is 17.4 Å². The van der Waals surface area contributed by atoms with E-state index < -0.39 is 0 Å². The monoisotopic (exact) mass is 424 g/mol. The number of hydrogen-bond acceptors (Lipinski definition) is 3. The number of benzene rings is 3. The van der Waals surface area contributed by atoms with Crippen molar-refractivity contribution in [3.63, 3.8) is 0 Å². The Hall–Kier alpha value is -2.82. The van der Waals surface area contributed by atoms with E-state index in [1.807, 2.05) is 72.9 Å². The average Bonchev–Trinajstić information content (AvgIpc) is 2.71. The molecule has 6 heteroatoms. The lowest BCUT2D eigenvalue weighted by atomic mass is 9.83. The molecule has 0 spiro atoms. The van der Waals surface area contributed by atoms with E-state index in [0.29, 0.717) is 16.6 Å². The summed E-state index contributed by atoms with van der Waals surface area (Å²) < 4.78 is 0. The van der Waals surface area contributed by atoms with Crippen molar-refractivity contribution in [3.8, 4) is 0 Å². The number of para-hydroxylation sites is 1. The van der Waals surface area contributed by atoms with Crippen molar-refractivity contribution in [2.45, 2.75) is 12.5 Å². The van der Waals surface area contributed by atoms with Crippen LogP contribution in [0.4, 0.5) is 5.69 Å². The number of hydrogen-bond donors (Lipinski definition) is 0. The van der Waals surface area contributed by atoms with Gasteiger partial charge in [-0.2, -0.15) is 0 Å². The first-order valence-electron chi connectivity index (χ1n) is 9.21. The van der Waals surface area contributed by atoms with E-state index >= 15 is 0 Å². The highest BCUT2D eigenvalue weighted by Gasteiger charge is 2.31. The number of fused-ring (bicyclic) bond motifs is 1. The molecule has 0 saturated heterocycles. The molecule has 0 fully saturated rings. The first kappa shape index (κ1) is 19.5. The summed E-state index contributed by atoms with van der Waals surface area (Å²) in [7, 11) is 0. The van der Waals surface area contributed by atoms with Gasteiger partial charge in [0, 0.05) is 33.4 Å². The van der Waals surface area contributed by atoms with Crippen molar-refractivity contribution >= 4 is 34.5 Å². The van der Waals surface area contributed by atoms with Crippen LogP contribution in [0.2, 0.25) is 10.0 Å². The molecule has 0 aromatic heterocycles. The van der Waals surface area contributed by atoms with Gasteiger partial charge in [0.05, 0.1) is 5.92 Å². The zero-order chi connectivity index (χ0) is 20.4. The molecule has 1 atom stereocenters. The molecular formula is C23H18Cl2N2O2. The second kappa shape index (κ2) is 8.27. The maximum Gasteiger partial charge on any atom is 0.214 e. The third kappa shape index (κ3) is 4.29. The molecule has 0 aliphatic carbocycles. The van der Waals surface area contributed by atoms with Crippen molar-refractivity contribution in [2.24, 2.45) is 0 Å². The van der Waals surface area contributed by atoms with Crippen LogP contribution in [0.15, 0.2) is 79.0 Å². The van der Waals surface area contributed by atoms with Crippen LogP contribution in [-0.2, 0) is 6.54 Å². The topological polar surface area (TPSA) is 46.4 Å². The van der Waals surface area contributed by atoms with Gasteiger partial charge in [0.1, 0.15) is 0 Å². The van der Waals surface area contributed by atoms with E-state index in [1.54, 1.807) is 6.07 Å². The number of rotatable bonds is 5. The molecule has 1 aliphatic heterocycles. The number of halogens is 2. The molecule has 0 bridgehead atoms. The van der Waals surface area contributed by atoms with Crippen LogP contribution < -0.4 is 4.90 Å². The minimum atomic E-state index is -0.346. The summed E-state index contributed by atoms with van der Waals surface area (Å²) in [6.45, 7) is 0.452. The average molecular weight is 425 g/mol. The molecule has 146 valence electrons. The Kier molecular flexibility index (Phi) is 5.56. The van der Waals surface area contributed by atoms with Crippen LogP contribution in [0, 0.1) is 10.1 Å². The minimum absolute atomic E-state index is 0.176. The lowest BCUT2D eigenvalue weighted by Crippen LogP contribution is -2.26. The molecule has 4 nitrogen and oxygen atoms in total.